The minimum atomic E-state index is -0.966. The molecule has 4 nitrogen and oxygen atoms in total. The molecule has 0 aromatic heterocycles. The number of aliphatic hydroxyl groups excluding tert-OH is 1. The molecule has 0 aliphatic heterocycles. The van der Waals surface area contributed by atoms with Crippen molar-refractivity contribution in [3.05, 3.63) is 0 Å². The van der Waals surface area contributed by atoms with Crippen LogP contribution < -0.4 is 0 Å². The quantitative estimate of drug-likeness (QED) is 0.646. The van der Waals surface area contributed by atoms with Gasteiger partial charge in [0.05, 0.1) is 12.7 Å². The van der Waals surface area contributed by atoms with E-state index >= 15 is 0 Å². The summed E-state index contributed by atoms with van der Waals surface area (Å²) in [4.78, 5) is 11.1. The number of hydrogen-bond donors (Lipinski definition) is 1. The Balaban J connectivity index is 2.25. The van der Waals surface area contributed by atoms with Crippen LogP contribution in [0.15, 0.2) is 0 Å². The van der Waals surface area contributed by atoms with Crippen LogP contribution in [-0.2, 0) is 14.3 Å². The summed E-state index contributed by atoms with van der Waals surface area (Å²) < 4.78 is 9.74. The van der Waals surface area contributed by atoms with Crippen LogP contribution in [0.25, 0.3) is 0 Å². The Bertz CT molecular complexity index is 174. The van der Waals surface area contributed by atoms with Crippen molar-refractivity contribution in [3.63, 3.8) is 0 Å². The van der Waals surface area contributed by atoms with E-state index in [0.717, 1.165) is 12.8 Å². The maximum Gasteiger partial charge on any atom is 0.335 e. The van der Waals surface area contributed by atoms with Crippen molar-refractivity contribution in [1.82, 2.24) is 0 Å². The molecule has 0 amide bonds. The summed E-state index contributed by atoms with van der Waals surface area (Å²) in [7, 11) is 1.64. The van der Waals surface area contributed by atoms with Gasteiger partial charge in [0, 0.05) is 13.0 Å². The number of esters is 1. The van der Waals surface area contributed by atoms with E-state index in [-0.39, 0.29) is 12.0 Å². The van der Waals surface area contributed by atoms with Crippen LogP contribution in [0.1, 0.15) is 19.8 Å². The summed E-state index contributed by atoms with van der Waals surface area (Å²) in [5.41, 5.74) is 0. The standard InChI is InChI=1S/C9H16O4/c1-3-13-9(11)8(10)6-4-7(5-6)12-2/h6-8,10H,3-5H2,1-2H3. The van der Waals surface area contributed by atoms with Crippen LogP contribution in [0.2, 0.25) is 0 Å². The summed E-state index contributed by atoms with van der Waals surface area (Å²) in [5, 5.41) is 9.45. The van der Waals surface area contributed by atoms with Crippen molar-refractivity contribution in [2.24, 2.45) is 5.92 Å². The van der Waals surface area contributed by atoms with Crippen molar-refractivity contribution in [2.75, 3.05) is 13.7 Å². The van der Waals surface area contributed by atoms with E-state index in [9.17, 15) is 9.90 Å². The largest absolute Gasteiger partial charge is 0.464 e. The zero-order valence-electron chi connectivity index (χ0n) is 8.03. The van der Waals surface area contributed by atoms with Crippen molar-refractivity contribution < 1.29 is 19.4 Å². The van der Waals surface area contributed by atoms with Gasteiger partial charge in [-0.3, -0.25) is 0 Å². The van der Waals surface area contributed by atoms with E-state index in [4.69, 9.17) is 9.47 Å². The summed E-state index contributed by atoms with van der Waals surface area (Å²) in [5.74, 6) is -0.494. The van der Waals surface area contributed by atoms with Crippen LogP contribution >= 0.6 is 0 Å². The average molecular weight is 188 g/mol. The first-order valence-corrected chi connectivity index (χ1v) is 4.56. The van der Waals surface area contributed by atoms with Gasteiger partial charge in [0.1, 0.15) is 0 Å². The van der Waals surface area contributed by atoms with Crippen LogP contribution in [0.3, 0.4) is 0 Å². The second-order valence-electron chi connectivity index (χ2n) is 3.29. The monoisotopic (exact) mass is 188 g/mol. The molecule has 4 heteroatoms. The summed E-state index contributed by atoms with van der Waals surface area (Å²) in [6.07, 6.45) is 0.730. The zero-order valence-corrected chi connectivity index (χ0v) is 8.03. The number of carbonyl (C=O) groups is 1. The van der Waals surface area contributed by atoms with Crippen LogP contribution in [0, 0.1) is 5.92 Å². The lowest BCUT2D eigenvalue weighted by atomic mass is 9.78. The first-order valence-electron chi connectivity index (χ1n) is 4.56. The zero-order chi connectivity index (χ0) is 9.84. The van der Waals surface area contributed by atoms with Gasteiger partial charge >= 0.3 is 5.97 Å². The van der Waals surface area contributed by atoms with E-state index < -0.39 is 12.1 Å². The number of aliphatic hydroxyl groups is 1. The van der Waals surface area contributed by atoms with E-state index in [2.05, 4.69) is 0 Å². The Kier molecular flexibility index (Phi) is 3.69. The third-order valence-corrected chi connectivity index (χ3v) is 2.44. The Morgan fingerprint density at radius 3 is 2.69 bits per heavy atom. The maximum absolute atomic E-state index is 11.1. The van der Waals surface area contributed by atoms with Crippen LogP contribution in [0.4, 0.5) is 0 Å². The normalized spacial score (nSPS) is 29.2. The highest BCUT2D eigenvalue weighted by molar-refractivity contribution is 5.74. The van der Waals surface area contributed by atoms with Gasteiger partial charge in [-0.25, -0.2) is 4.79 Å². The number of methoxy groups -OCH3 is 1. The lowest BCUT2D eigenvalue weighted by molar-refractivity contribution is -0.161. The first kappa shape index (κ1) is 10.5. The Morgan fingerprint density at radius 1 is 1.62 bits per heavy atom. The Labute approximate surface area is 77.8 Å². The minimum absolute atomic E-state index is 0.0176. The molecule has 0 aromatic carbocycles. The first-order chi connectivity index (χ1) is 6.19. The molecule has 0 bridgehead atoms. The summed E-state index contributed by atoms with van der Waals surface area (Å²) >= 11 is 0. The molecule has 13 heavy (non-hydrogen) atoms. The molecule has 76 valence electrons. The molecule has 1 saturated carbocycles. The van der Waals surface area contributed by atoms with Gasteiger partial charge in [0.25, 0.3) is 0 Å². The van der Waals surface area contributed by atoms with Gasteiger partial charge in [0.15, 0.2) is 6.10 Å². The number of ether oxygens (including phenoxy) is 2. The van der Waals surface area contributed by atoms with Crippen LogP contribution in [0.5, 0.6) is 0 Å². The van der Waals surface area contributed by atoms with Crippen molar-refractivity contribution in [3.8, 4) is 0 Å². The molecular formula is C9H16O4. The summed E-state index contributed by atoms with van der Waals surface area (Å²) in [6.45, 7) is 2.04. The fourth-order valence-electron chi connectivity index (χ4n) is 1.48. The summed E-state index contributed by atoms with van der Waals surface area (Å²) in [6, 6.07) is 0. The van der Waals surface area contributed by atoms with Crippen LogP contribution in [-0.4, -0.2) is 37.0 Å². The number of rotatable bonds is 4. The van der Waals surface area contributed by atoms with Crippen molar-refractivity contribution >= 4 is 5.97 Å². The third kappa shape index (κ3) is 2.42. The van der Waals surface area contributed by atoms with Gasteiger partial charge < -0.3 is 14.6 Å². The van der Waals surface area contributed by atoms with Gasteiger partial charge in [-0.2, -0.15) is 0 Å². The molecule has 0 saturated heterocycles. The molecule has 1 atom stereocenters. The lowest BCUT2D eigenvalue weighted by Crippen LogP contribution is -2.42. The number of hydrogen-bond acceptors (Lipinski definition) is 4. The molecule has 1 N–H and O–H groups in total. The molecule has 1 fully saturated rings. The maximum atomic E-state index is 11.1. The second kappa shape index (κ2) is 4.58. The molecule has 0 heterocycles. The van der Waals surface area contributed by atoms with Crippen molar-refractivity contribution in [2.45, 2.75) is 32.0 Å². The predicted molar refractivity (Wildman–Crippen MR) is 46.2 cm³/mol. The predicted octanol–water partition coefficient (Wildman–Crippen LogP) is 0.335. The van der Waals surface area contributed by atoms with Gasteiger partial charge in [-0.05, 0) is 19.8 Å². The third-order valence-electron chi connectivity index (χ3n) is 2.44. The highest BCUT2D eigenvalue weighted by Gasteiger charge is 2.38. The lowest BCUT2D eigenvalue weighted by Gasteiger charge is -2.36. The molecule has 0 spiro atoms. The average Bonchev–Trinajstić information content (AvgIpc) is 2.02. The smallest absolute Gasteiger partial charge is 0.335 e. The van der Waals surface area contributed by atoms with E-state index in [1.54, 1.807) is 14.0 Å². The Morgan fingerprint density at radius 2 is 2.23 bits per heavy atom. The van der Waals surface area contributed by atoms with Gasteiger partial charge in [0.2, 0.25) is 0 Å². The fourth-order valence-corrected chi connectivity index (χ4v) is 1.48. The molecule has 1 aliphatic rings. The molecule has 1 rings (SSSR count). The Hall–Kier alpha value is -0.610. The highest BCUT2D eigenvalue weighted by atomic mass is 16.5. The molecule has 1 aliphatic carbocycles. The molecule has 1 unspecified atom stereocenters. The van der Waals surface area contributed by atoms with Crippen molar-refractivity contribution in [1.29, 1.82) is 0 Å². The topological polar surface area (TPSA) is 55.8 Å². The molecule has 0 radical (unpaired) electrons. The SMILES string of the molecule is CCOC(=O)C(O)C1CC(OC)C1. The van der Waals surface area contributed by atoms with Gasteiger partial charge in [-0.1, -0.05) is 0 Å². The highest BCUT2D eigenvalue weighted by Crippen LogP contribution is 2.32. The molecule has 0 aromatic rings. The van der Waals surface area contributed by atoms with E-state index in [1.165, 1.54) is 0 Å². The minimum Gasteiger partial charge on any atom is -0.464 e. The fraction of sp³-hybridized carbons (Fsp3) is 0.889. The van der Waals surface area contributed by atoms with Gasteiger partial charge in [-0.15, -0.1) is 0 Å². The number of carbonyl (C=O) groups excluding carboxylic acids is 1. The van der Waals surface area contributed by atoms with E-state index in [0.29, 0.717) is 6.61 Å². The van der Waals surface area contributed by atoms with E-state index in [1.807, 2.05) is 0 Å². The molecular weight excluding hydrogens is 172 g/mol. The second-order valence-corrected chi connectivity index (χ2v) is 3.29.